The smallest absolute Gasteiger partial charge is 0.338 e. The summed E-state index contributed by atoms with van der Waals surface area (Å²) in [6, 6.07) is 18.6. The first-order valence-electron chi connectivity index (χ1n) is 11.0. The zero-order chi connectivity index (χ0) is 23.1. The Kier molecular flexibility index (Phi) is 8.04. The summed E-state index contributed by atoms with van der Waals surface area (Å²) in [5, 5.41) is 0. The Bertz CT molecular complexity index is 1120. The van der Waals surface area contributed by atoms with Crippen LogP contribution in [0.5, 0.6) is 0 Å². The third-order valence-corrected chi connectivity index (χ3v) is 7.12. The maximum absolute atomic E-state index is 12.4. The number of rotatable bonds is 10. The lowest BCUT2D eigenvalue weighted by Crippen LogP contribution is -2.24. The molecule has 0 amide bonds. The van der Waals surface area contributed by atoms with Crippen LogP contribution in [0, 0.1) is 0 Å². The third kappa shape index (κ3) is 5.75. The Morgan fingerprint density at radius 2 is 1.69 bits per heavy atom. The van der Waals surface area contributed by atoms with Crippen molar-refractivity contribution in [1.82, 2.24) is 4.72 Å². The lowest BCUT2D eigenvalue weighted by atomic mass is 10.0. The van der Waals surface area contributed by atoms with Crippen LogP contribution in [0.15, 0.2) is 65.6 Å². The number of carbonyl (C=O) groups excluding carboxylic acids is 1. The fourth-order valence-electron chi connectivity index (χ4n) is 3.82. The molecular formula is C26H31NO4S. The first-order valence-corrected chi connectivity index (χ1v) is 12.5. The van der Waals surface area contributed by atoms with E-state index >= 15 is 0 Å². The highest BCUT2D eigenvalue weighted by molar-refractivity contribution is 7.89. The van der Waals surface area contributed by atoms with E-state index in [4.69, 9.17) is 4.74 Å². The molecule has 3 rings (SSSR count). The number of benzene rings is 1. The van der Waals surface area contributed by atoms with Crippen molar-refractivity contribution < 1.29 is 17.9 Å². The van der Waals surface area contributed by atoms with E-state index < -0.39 is 10.0 Å². The molecule has 2 aliphatic carbocycles. The van der Waals surface area contributed by atoms with Crippen molar-refractivity contribution in [2.75, 3.05) is 13.7 Å². The molecule has 1 aromatic rings. The molecule has 0 bridgehead atoms. The quantitative estimate of drug-likeness (QED) is 0.330. The van der Waals surface area contributed by atoms with E-state index in [1.807, 2.05) is 12.1 Å². The van der Waals surface area contributed by atoms with Gasteiger partial charge in [0.1, 0.15) is 0 Å². The monoisotopic (exact) mass is 453 g/mol. The van der Waals surface area contributed by atoms with E-state index in [0.717, 1.165) is 42.4 Å². The highest BCUT2D eigenvalue weighted by Crippen LogP contribution is 2.35. The Labute approximate surface area is 191 Å². The van der Waals surface area contributed by atoms with Crippen molar-refractivity contribution >= 4 is 16.0 Å². The van der Waals surface area contributed by atoms with Crippen molar-refractivity contribution in [2.45, 2.75) is 50.3 Å². The number of hydrogen-bond donors (Lipinski definition) is 1. The van der Waals surface area contributed by atoms with E-state index in [1.165, 1.54) is 12.7 Å². The van der Waals surface area contributed by atoms with Gasteiger partial charge in [-0.05, 0) is 65.6 Å². The number of esters is 1. The predicted molar refractivity (Wildman–Crippen MR) is 128 cm³/mol. The molecule has 1 N–H and O–H groups in total. The molecule has 0 radical (unpaired) electrons. The summed E-state index contributed by atoms with van der Waals surface area (Å²) in [4.78, 5) is 12.6. The van der Waals surface area contributed by atoms with Gasteiger partial charge in [0.15, 0.2) is 0 Å². The molecule has 0 atom stereocenters. The van der Waals surface area contributed by atoms with Gasteiger partial charge in [0.05, 0.1) is 17.6 Å². The van der Waals surface area contributed by atoms with Gasteiger partial charge < -0.3 is 4.74 Å². The summed E-state index contributed by atoms with van der Waals surface area (Å²) in [7, 11) is -2.05. The first-order chi connectivity index (χ1) is 15.3. The van der Waals surface area contributed by atoms with Gasteiger partial charge in [-0.25, -0.2) is 17.9 Å². The Morgan fingerprint density at radius 1 is 0.938 bits per heavy atom. The molecule has 0 heterocycles. The van der Waals surface area contributed by atoms with E-state index in [-0.39, 0.29) is 10.9 Å². The standard InChI is InChI=1S/C26H31NO4S/c1-19(2)20-12-10-15-23-21(18-25(24(23)17-20)26(28)31-3)11-6-5-9-16-27-32(29,30)22-13-7-4-8-14-22/h4,7-8,10,12-15,17-19,27H,5-6,9,11,16H2,1-3H3. The molecule has 0 unspecified atom stereocenters. The summed E-state index contributed by atoms with van der Waals surface area (Å²) in [6.45, 7) is 4.67. The SMILES string of the molecule is COC(=O)c1cc(CCCCCNS(=O)(=O)c2ccccc2)c2cccc(C(C)C)cc1-2. The Hall–Kier alpha value is -2.70. The van der Waals surface area contributed by atoms with E-state index in [9.17, 15) is 13.2 Å². The highest BCUT2D eigenvalue weighted by atomic mass is 32.2. The van der Waals surface area contributed by atoms with Crippen LogP contribution in [-0.2, 0) is 21.2 Å². The number of sulfonamides is 1. The lowest BCUT2D eigenvalue weighted by Gasteiger charge is -2.07. The number of methoxy groups -OCH3 is 1. The van der Waals surface area contributed by atoms with Crippen LogP contribution in [0.4, 0.5) is 0 Å². The number of aryl methyl sites for hydroxylation is 1. The second kappa shape index (κ2) is 10.7. The molecule has 0 saturated heterocycles. The molecule has 170 valence electrons. The van der Waals surface area contributed by atoms with Crippen LogP contribution in [0.25, 0.3) is 11.1 Å². The molecule has 0 spiro atoms. The number of unbranched alkanes of at least 4 members (excludes halogenated alkanes) is 2. The lowest BCUT2D eigenvalue weighted by molar-refractivity contribution is 0.0602. The average Bonchev–Trinajstić information content (AvgIpc) is 2.96. The van der Waals surface area contributed by atoms with Crippen LogP contribution in [-0.4, -0.2) is 28.0 Å². The van der Waals surface area contributed by atoms with Gasteiger partial charge in [0, 0.05) is 6.54 Å². The largest absolute Gasteiger partial charge is 0.465 e. The number of carbonyl (C=O) groups is 1. The van der Waals surface area contributed by atoms with Gasteiger partial charge in [-0.2, -0.15) is 0 Å². The van der Waals surface area contributed by atoms with Gasteiger partial charge in [0.25, 0.3) is 0 Å². The normalized spacial score (nSPS) is 11.8. The van der Waals surface area contributed by atoms with Gasteiger partial charge in [0.2, 0.25) is 10.0 Å². The molecule has 32 heavy (non-hydrogen) atoms. The van der Waals surface area contributed by atoms with Crippen LogP contribution < -0.4 is 4.72 Å². The molecule has 5 nitrogen and oxygen atoms in total. The molecule has 2 aliphatic rings. The molecule has 0 saturated carbocycles. The van der Waals surface area contributed by atoms with Crippen molar-refractivity contribution in [2.24, 2.45) is 0 Å². The molecule has 0 fully saturated rings. The summed E-state index contributed by atoms with van der Waals surface area (Å²) < 4.78 is 32.2. The van der Waals surface area contributed by atoms with Crippen molar-refractivity contribution in [3.8, 4) is 11.1 Å². The summed E-state index contributed by atoms with van der Waals surface area (Å²) in [5.41, 5.74) is 4.90. The summed E-state index contributed by atoms with van der Waals surface area (Å²) in [5.74, 6) is 0.0339. The topological polar surface area (TPSA) is 72.5 Å². The van der Waals surface area contributed by atoms with Crippen LogP contribution in [0.1, 0.15) is 60.5 Å². The minimum atomic E-state index is -3.46. The van der Waals surface area contributed by atoms with Crippen molar-refractivity contribution in [3.05, 3.63) is 77.4 Å². The van der Waals surface area contributed by atoms with Gasteiger partial charge in [-0.3, -0.25) is 0 Å². The number of fused-ring (bicyclic) bond motifs is 1. The molecule has 1 aromatic carbocycles. The second-order valence-electron chi connectivity index (χ2n) is 8.25. The fourth-order valence-corrected chi connectivity index (χ4v) is 4.92. The van der Waals surface area contributed by atoms with Crippen LogP contribution >= 0.6 is 0 Å². The predicted octanol–water partition coefficient (Wildman–Crippen LogP) is 5.39. The Morgan fingerprint density at radius 3 is 2.38 bits per heavy atom. The maximum Gasteiger partial charge on any atom is 0.338 e. The second-order valence-corrected chi connectivity index (χ2v) is 10.0. The Balaban J connectivity index is 1.61. The van der Waals surface area contributed by atoms with E-state index in [1.54, 1.807) is 30.3 Å². The van der Waals surface area contributed by atoms with Gasteiger partial charge in [-0.15, -0.1) is 0 Å². The van der Waals surface area contributed by atoms with Crippen LogP contribution in [0.2, 0.25) is 0 Å². The molecule has 0 aromatic heterocycles. The molecule has 0 aliphatic heterocycles. The first kappa shape index (κ1) is 24.0. The summed E-state index contributed by atoms with van der Waals surface area (Å²) >= 11 is 0. The highest BCUT2D eigenvalue weighted by Gasteiger charge is 2.21. The average molecular weight is 454 g/mol. The third-order valence-electron chi connectivity index (χ3n) is 5.65. The minimum Gasteiger partial charge on any atom is -0.465 e. The van der Waals surface area contributed by atoms with Gasteiger partial charge >= 0.3 is 5.97 Å². The van der Waals surface area contributed by atoms with Gasteiger partial charge in [-0.1, -0.05) is 62.7 Å². The number of hydrogen-bond acceptors (Lipinski definition) is 4. The van der Waals surface area contributed by atoms with Crippen LogP contribution in [0.3, 0.4) is 0 Å². The summed E-state index contributed by atoms with van der Waals surface area (Å²) in [6.07, 6.45) is 3.36. The molecular weight excluding hydrogens is 422 g/mol. The maximum atomic E-state index is 12.4. The van der Waals surface area contributed by atoms with E-state index in [0.29, 0.717) is 18.0 Å². The zero-order valence-corrected chi connectivity index (χ0v) is 19.7. The number of ether oxygens (including phenoxy) is 1. The van der Waals surface area contributed by atoms with E-state index in [2.05, 4.69) is 36.8 Å². The zero-order valence-electron chi connectivity index (χ0n) is 18.9. The number of nitrogens with one attached hydrogen (secondary N) is 1. The molecule has 6 heteroatoms. The van der Waals surface area contributed by atoms with Crippen molar-refractivity contribution in [3.63, 3.8) is 0 Å². The minimum absolute atomic E-state index is 0.284. The fraction of sp³-hybridized carbons (Fsp3) is 0.346. The van der Waals surface area contributed by atoms with Crippen molar-refractivity contribution in [1.29, 1.82) is 0 Å².